The van der Waals surface area contributed by atoms with Gasteiger partial charge in [0.2, 0.25) is 0 Å². The molecule has 5 heteroatoms. The van der Waals surface area contributed by atoms with E-state index in [0.29, 0.717) is 18.7 Å². The molecule has 144 valence electrons. The Kier molecular flexibility index (Phi) is 7.55. The van der Waals surface area contributed by atoms with E-state index in [4.69, 9.17) is 4.74 Å². The Balaban J connectivity index is 2.13. The molecule has 0 bridgehead atoms. The van der Waals surface area contributed by atoms with E-state index in [0.717, 1.165) is 40.4 Å². The number of aryl methyl sites for hydroxylation is 1. The second-order valence-electron chi connectivity index (χ2n) is 6.80. The Morgan fingerprint density at radius 1 is 1.15 bits per heavy atom. The van der Waals surface area contributed by atoms with Crippen molar-refractivity contribution in [2.45, 2.75) is 33.7 Å². The molecular weight excluding hydrogens is 340 g/mol. The molecule has 0 fully saturated rings. The van der Waals surface area contributed by atoms with Crippen molar-refractivity contribution in [3.8, 4) is 5.75 Å². The summed E-state index contributed by atoms with van der Waals surface area (Å²) in [5.74, 6) is 0.746. The highest BCUT2D eigenvalue weighted by Gasteiger charge is 2.18. The fraction of sp³-hybridized carbons (Fsp3) is 0.364. The molecule has 5 nitrogen and oxygen atoms in total. The number of ether oxygens (including phenoxy) is 1. The summed E-state index contributed by atoms with van der Waals surface area (Å²) in [6, 6.07) is 13.2. The third kappa shape index (κ3) is 5.93. The van der Waals surface area contributed by atoms with Crippen LogP contribution in [0.5, 0.6) is 5.75 Å². The number of benzene rings is 2. The van der Waals surface area contributed by atoms with Crippen molar-refractivity contribution in [3.63, 3.8) is 0 Å². The number of carbonyl (C=O) groups excluding carboxylic acids is 2. The minimum Gasteiger partial charge on any atom is -0.496 e. The summed E-state index contributed by atoms with van der Waals surface area (Å²) in [6.45, 7) is 7.47. The fourth-order valence-electron chi connectivity index (χ4n) is 3.13. The molecule has 1 unspecified atom stereocenters. The van der Waals surface area contributed by atoms with Crippen LogP contribution in [0.25, 0.3) is 0 Å². The molecule has 0 spiro atoms. The lowest BCUT2D eigenvalue weighted by Gasteiger charge is -2.20. The number of anilines is 1. The number of nitrogens with one attached hydrogen (secondary N) is 2. The predicted octanol–water partition coefficient (Wildman–Crippen LogP) is 2.64. The van der Waals surface area contributed by atoms with Gasteiger partial charge in [-0.05, 0) is 50.1 Å². The van der Waals surface area contributed by atoms with Crippen LogP contribution in [0.4, 0.5) is 5.69 Å². The van der Waals surface area contributed by atoms with E-state index in [2.05, 4.69) is 12.2 Å². The van der Waals surface area contributed by atoms with Crippen LogP contribution in [0.3, 0.4) is 0 Å². The van der Waals surface area contributed by atoms with Crippen molar-refractivity contribution in [1.82, 2.24) is 0 Å². The van der Waals surface area contributed by atoms with Crippen molar-refractivity contribution in [2.75, 3.05) is 25.5 Å². The average molecular weight is 369 g/mol. The first kappa shape index (κ1) is 20.6. The highest BCUT2D eigenvalue weighted by molar-refractivity contribution is 5.94. The average Bonchev–Trinajstić information content (AvgIpc) is 2.63. The van der Waals surface area contributed by atoms with Crippen LogP contribution in [0.2, 0.25) is 0 Å². The number of quaternary nitrogens is 1. The predicted molar refractivity (Wildman–Crippen MR) is 107 cm³/mol. The second kappa shape index (κ2) is 9.88. The van der Waals surface area contributed by atoms with Gasteiger partial charge < -0.3 is 15.0 Å². The molecule has 0 aliphatic heterocycles. The van der Waals surface area contributed by atoms with E-state index < -0.39 is 0 Å². The van der Waals surface area contributed by atoms with E-state index in [1.165, 1.54) is 0 Å². The number of carbonyl (C=O) groups is 2. The van der Waals surface area contributed by atoms with Gasteiger partial charge in [0.25, 0.3) is 5.91 Å². The van der Waals surface area contributed by atoms with Gasteiger partial charge >= 0.3 is 0 Å². The first-order chi connectivity index (χ1) is 12.9. The highest BCUT2D eigenvalue weighted by Crippen LogP contribution is 2.19. The van der Waals surface area contributed by atoms with E-state index in [-0.39, 0.29) is 11.7 Å². The van der Waals surface area contributed by atoms with Gasteiger partial charge in [-0.1, -0.05) is 25.1 Å². The van der Waals surface area contributed by atoms with Crippen LogP contribution in [0, 0.1) is 6.92 Å². The SMILES string of the molecule is CCC[NH+](CC(=O)Nc1ccccc1C)Cc1cc(C(C)=O)ccc1OC. The molecule has 2 aromatic carbocycles. The zero-order chi connectivity index (χ0) is 19.8. The largest absolute Gasteiger partial charge is 0.496 e. The van der Waals surface area contributed by atoms with Crippen LogP contribution in [-0.2, 0) is 11.3 Å². The molecule has 2 rings (SSSR count). The number of methoxy groups -OCH3 is 1. The highest BCUT2D eigenvalue weighted by atomic mass is 16.5. The minimum absolute atomic E-state index is 0.0190. The van der Waals surface area contributed by atoms with Crippen LogP contribution in [-0.4, -0.2) is 31.9 Å². The molecule has 1 atom stereocenters. The standard InChI is InChI=1S/C22H28N2O3/c1-5-12-24(15-22(26)23-20-9-7-6-8-16(20)2)14-19-13-18(17(3)25)10-11-21(19)27-4/h6-11,13H,5,12,14-15H2,1-4H3,(H,23,26)/p+1. The quantitative estimate of drug-likeness (QED) is 0.668. The van der Waals surface area contributed by atoms with Gasteiger partial charge in [-0.25, -0.2) is 0 Å². The van der Waals surface area contributed by atoms with Crippen molar-refractivity contribution in [2.24, 2.45) is 0 Å². The van der Waals surface area contributed by atoms with E-state index in [9.17, 15) is 9.59 Å². The molecule has 1 amide bonds. The lowest BCUT2D eigenvalue weighted by atomic mass is 10.1. The van der Waals surface area contributed by atoms with Crippen molar-refractivity contribution in [1.29, 1.82) is 0 Å². The van der Waals surface area contributed by atoms with Crippen molar-refractivity contribution >= 4 is 17.4 Å². The van der Waals surface area contributed by atoms with Gasteiger partial charge in [-0.2, -0.15) is 0 Å². The molecule has 0 saturated carbocycles. The summed E-state index contributed by atoms with van der Waals surface area (Å²) >= 11 is 0. The van der Waals surface area contributed by atoms with Crippen LogP contribution in [0.15, 0.2) is 42.5 Å². The first-order valence-corrected chi connectivity index (χ1v) is 9.31. The van der Waals surface area contributed by atoms with Crippen LogP contribution < -0.4 is 15.0 Å². The molecule has 2 N–H and O–H groups in total. The van der Waals surface area contributed by atoms with Gasteiger partial charge in [0.1, 0.15) is 12.3 Å². The summed E-state index contributed by atoms with van der Waals surface area (Å²) in [5, 5.41) is 3.00. The van der Waals surface area contributed by atoms with Gasteiger partial charge in [-0.3, -0.25) is 9.59 Å². The van der Waals surface area contributed by atoms with Gasteiger partial charge in [0.05, 0.1) is 13.7 Å². The maximum Gasteiger partial charge on any atom is 0.279 e. The monoisotopic (exact) mass is 369 g/mol. The van der Waals surface area contributed by atoms with E-state index in [1.807, 2.05) is 43.3 Å². The zero-order valence-corrected chi connectivity index (χ0v) is 16.6. The Morgan fingerprint density at radius 2 is 1.89 bits per heavy atom. The Bertz CT molecular complexity index is 802. The van der Waals surface area contributed by atoms with E-state index in [1.54, 1.807) is 20.1 Å². The lowest BCUT2D eigenvalue weighted by molar-refractivity contribution is -0.905. The molecule has 0 aliphatic carbocycles. The Labute approximate surface area is 161 Å². The Morgan fingerprint density at radius 3 is 2.52 bits per heavy atom. The number of ketones is 1. The van der Waals surface area contributed by atoms with Crippen molar-refractivity contribution in [3.05, 3.63) is 59.2 Å². The smallest absolute Gasteiger partial charge is 0.279 e. The number of hydrogen-bond acceptors (Lipinski definition) is 3. The Hall–Kier alpha value is -2.66. The zero-order valence-electron chi connectivity index (χ0n) is 16.6. The molecule has 0 aliphatic rings. The van der Waals surface area contributed by atoms with Crippen molar-refractivity contribution < 1.29 is 19.2 Å². The molecule has 0 heterocycles. The molecule has 0 aromatic heterocycles. The summed E-state index contributed by atoms with van der Waals surface area (Å²) in [4.78, 5) is 25.4. The summed E-state index contributed by atoms with van der Waals surface area (Å²) < 4.78 is 5.45. The molecule has 2 aromatic rings. The second-order valence-corrected chi connectivity index (χ2v) is 6.80. The van der Waals surface area contributed by atoms with E-state index >= 15 is 0 Å². The maximum absolute atomic E-state index is 12.6. The third-order valence-electron chi connectivity index (χ3n) is 4.56. The summed E-state index contributed by atoms with van der Waals surface area (Å²) in [5.41, 5.74) is 3.48. The lowest BCUT2D eigenvalue weighted by Crippen LogP contribution is -3.11. The van der Waals surface area contributed by atoms with Gasteiger partial charge in [0, 0.05) is 16.8 Å². The minimum atomic E-state index is -0.0190. The maximum atomic E-state index is 12.6. The number of rotatable bonds is 9. The normalized spacial score (nSPS) is 11.7. The molecule has 27 heavy (non-hydrogen) atoms. The van der Waals surface area contributed by atoms with Gasteiger partial charge in [0.15, 0.2) is 12.3 Å². The summed E-state index contributed by atoms with van der Waals surface area (Å²) in [6.07, 6.45) is 0.960. The van der Waals surface area contributed by atoms with Gasteiger partial charge in [-0.15, -0.1) is 0 Å². The number of para-hydroxylation sites is 1. The van der Waals surface area contributed by atoms with Crippen LogP contribution >= 0.6 is 0 Å². The topological polar surface area (TPSA) is 59.8 Å². The third-order valence-corrected chi connectivity index (χ3v) is 4.56. The fourth-order valence-corrected chi connectivity index (χ4v) is 3.13. The number of Topliss-reactive ketones (excluding diaryl/α,β-unsaturated/α-hetero) is 1. The number of hydrogen-bond donors (Lipinski definition) is 2. The summed E-state index contributed by atoms with van der Waals surface area (Å²) in [7, 11) is 1.62. The molecule has 0 radical (unpaired) electrons. The molecular formula is C22H29N2O3+. The molecule has 0 saturated heterocycles. The first-order valence-electron chi connectivity index (χ1n) is 9.31. The van der Waals surface area contributed by atoms with Crippen LogP contribution in [0.1, 0.15) is 41.8 Å². The number of amides is 1.